The van der Waals surface area contributed by atoms with Crippen LogP contribution in [0.4, 0.5) is 10.7 Å². The van der Waals surface area contributed by atoms with E-state index in [9.17, 15) is 24.5 Å². The van der Waals surface area contributed by atoms with Crippen LogP contribution in [-0.2, 0) is 4.74 Å². The van der Waals surface area contributed by atoms with E-state index in [0.717, 1.165) is 11.3 Å². The number of nitro benzene ring substituents is 1. The van der Waals surface area contributed by atoms with Gasteiger partial charge in [-0.05, 0) is 31.5 Å². The Hall–Kier alpha value is -3.07. The van der Waals surface area contributed by atoms with Gasteiger partial charge in [0, 0.05) is 24.1 Å². The summed E-state index contributed by atoms with van der Waals surface area (Å²) in [4.78, 5) is 47.4. The van der Waals surface area contributed by atoms with E-state index in [4.69, 9.17) is 4.74 Å². The summed E-state index contributed by atoms with van der Waals surface area (Å²) in [7, 11) is 0. The Bertz CT molecular complexity index is 901. The van der Waals surface area contributed by atoms with Crippen LogP contribution in [0.5, 0.6) is 0 Å². The molecule has 1 amide bonds. The number of hydrogen-bond acceptors (Lipinski definition) is 7. The van der Waals surface area contributed by atoms with E-state index < -0.39 is 16.8 Å². The van der Waals surface area contributed by atoms with Crippen molar-refractivity contribution >= 4 is 39.7 Å². The van der Waals surface area contributed by atoms with Gasteiger partial charge < -0.3 is 10.1 Å². The van der Waals surface area contributed by atoms with Gasteiger partial charge in [0.05, 0.1) is 22.0 Å². The summed E-state index contributed by atoms with van der Waals surface area (Å²) in [6, 6.07) is 5.06. The first-order valence-corrected chi connectivity index (χ1v) is 9.01. The fraction of sp³-hybridized carbons (Fsp3) is 0.278. The van der Waals surface area contributed by atoms with Crippen LogP contribution in [0, 0.1) is 17.0 Å². The molecule has 1 heterocycles. The van der Waals surface area contributed by atoms with E-state index in [1.54, 1.807) is 20.8 Å². The number of benzene rings is 1. The molecule has 0 unspecified atom stereocenters. The SMILES string of the molecule is CCOC(=O)c1c(NC(=O)c2ccc([N+](=O)[O-])cc2)sc(C(=O)CC)c1C. The smallest absolute Gasteiger partial charge is 0.341 e. The Kier molecular flexibility index (Phi) is 6.40. The number of ether oxygens (including phenoxy) is 1. The van der Waals surface area contributed by atoms with Gasteiger partial charge in [0.2, 0.25) is 0 Å². The molecular formula is C18H18N2O6S. The van der Waals surface area contributed by atoms with Gasteiger partial charge in [0.25, 0.3) is 11.6 Å². The van der Waals surface area contributed by atoms with Crippen LogP contribution in [0.2, 0.25) is 0 Å². The lowest BCUT2D eigenvalue weighted by atomic mass is 10.1. The van der Waals surface area contributed by atoms with Gasteiger partial charge in [-0.3, -0.25) is 19.7 Å². The number of Topliss-reactive ketones (excluding diaryl/α,β-unsaturated/α-hetero) is 1. The van der Waals surface area contributed by atoms with Crippen LogP contribution in [0.25, 0.3) is 0 Å². The van der Waals surface area contributed by atoms with E-state index in [1.165, 1.54) is 24.3 Å². The van der Waals surface area contributed by atoms with Gasteiger partial charge in [0.1, 0.15) is 5.00 Å². The number of carbonyl (C=O) groups excluding carboxylic acids is 3. The zero-order chi connectivity index (χ0) is 20.1. The number of anilines is 1. The molecule has 9 heteroatoms. The van der Waals surface area contributed by atoms with Gasteiger partial charge in [0.15, 0.2) is 5.78 Å². The molecule has 1 aromatic heterocycles. The third-order valence-corrected chi connectivity index (χ3v) is 5.02. The molecule has 1 aromatic carbocycles. The molecule has 0 bridgehead atoms. The van der Waals surface area contributed by atoms with Gasteiger partial charge in [-0.2, -0.15) is 0 Å². The number of rotatable bonds is 7. The highest BCUT2D eigenvalue weighted by molar-refractivity contribution is 7.18. The van der Waals surface area contributed by atoms with Crippen molar-refractivity contribution in [3.63, 3.8) is 0 Å². The average Bonchev–Trinajstić information content (AvgIpc) is 2.97. The molecule has 8 nitrogen and oxygen atoms in total. The lowest BCUT2D eigenvalue weighted by Gasteiger charge is -2.07. The largest absolute Gasteiger partial charge is 0.462 e. The van der Waals surface area contributed by atoms with Crippen molar-refractivity contribution in [2.45, 2.75) is 27.2 Å². The summed E-state index contributed by atoms with van der Waals surface area (Å²) in [6.07, 6.45) is 0.263. The molecule has 0 saturated heterocycles. The summed E-state index contributed by atoms with van der Waals surface area (Å²) < 4.78 is 5.04. The second kappa shape index (κ2) is 8.54. The van der Waals surface area contributed by atoms with Gasteiger partial charge in [-0.15, -0.1) is 11.3 Å². The van der Waals surface area contributed by atoms with Crippen molar-refractivity contribution in [2.75, 3.05) is 11.9 Å². The lowest BCUT2D eigenvalue weighted by molar-refractivity contribution is -0.384. The number of ketones is 1. The maximum Gasteiger partial charge on any atom is 0.341 e. The number of carbonyl (C=O) groups is 3. The minimum Gasteiger partial charge on any atom is -0.462 e. The van der Waals surface area contributed by atoms with Crippen molar-refractivity contribution in [1.82, 2.24) is 0 Å². The molecule has 0 radical (unpaired) electrons. The molecule has 0 aliphatic heterocycles. The summed E-state index contributed by atoms with van der Waals surface area (Å²) in [5.74, 6) is -1.31. The van der Waals surface area contributed by atoms with Crippen LogP contribution in [-0.4, -0.2) is 29.2 Å². The van der Waals surface area contributed by atoms with Gasteiger partial charge in [-0.1, -0.05) is 6.92 Å². The molecule has 1 N–H and O–H groups in total. The van der Waals surface area contributed by atoms with Crippen LogP contribution in [0.1, 0.15) is 56.2 Å². The standard InChI is InChI=1S/C18H18N2O6S/c1-4-13(21)15-10(3)14(18(23)26-5-2)17(27-15)19-16(22)11-6-8-12(9-7-11)20(24)25/h6-9H,4-5H2,1-3H3,(H,19,22). The van der Waals surface area contributed by atoms with Crippen LogP contribution in [0.3, 0.4) is 0 Å². The lowest BCUT2D eigenvalue weighted by Crippen LogP contribution is -2.15. The third-order valence-electron chi connectivity index (χ3n) is 3.77. The first kappa shape index (κ1) is 20.2. The Morgan fingerprint density at radius 1 is 1.19 bits per heavy atom. The zero-order valence-electron chi connectivity index (χ0n) is 15.0. The number of nitrogens with zero attached hydrogens (tertiary/aromatic N) is 1. The first-order valence-electron chi connectivity index (χ1n) is 8.19. The summed E-state index contributed by atoms with van der Waals surface area (Å²) >= 11 is 1.01. The summed E-state index contributed by atoms with van der Waals surface area (Å²) in [6.45, 7) is 5.15. The van der Waals surface area contributed by atoms with E-state index in [-0.39, 0.29) is 40.6 Å². The van der Waals surface area contributed by atoms with Crippen LogP contribution in [0.15, 0.2) is 24.3 Å². The highest BCUT2D eigenvalue weighted by atomic mass is 32.1. The van der Waals surface area contributed by atoms with Crippen molar-refractivity contribution in [1.29, 1.82) is 0 Å². The molecule has 0 aliphatic carbocycles. The number of nitrogens with one attached hydrogen (secondary N) is 1. The zero-order valence-corrected chi connectivity index (χ0v) is 15.8. The molecule has 0 fully saturated rings. The number of amides is 1. The number of non-ortho nitro benzene ring substituents is 1. The molecule has 0 atom stereocenters. The second-order valence-corrected chi connectivity index (χ2v) is 6.54. The monoisotopic (exact) mass is 390 g/mol. The third kappa shape index (κ3) is 4.37. The predicted molar refractivity (Wildman–Crippen MR) is 101 cm³/mol. The number of thiophene rings is 1. The van der Waals surface area contributed by atoms with Crippen LogP contribution < -0.4 is 5.32 Å². The Morgan fingerprint density at radius 3 is 2.33 bits per heavy atom. The molecule has 0 spiro atoms. The second-order valence-electron chi connectivity index (χ2n) is 5.52. The van der Waals surface area contributed by atoms with Gasteiger partial charge in [-0.25, -0.2) is 4.79 Å². The van der Waals surface area contributed by atoms with Gasteiger partial charge >= 0.3 is 5.97 Å². The molecule has 27 heavy (non-hydrogen) atoms. The van der Waals surface area contributed by atoms with E-state index in [0.29, 0.717) is 10.4 Å². The number of hydrogen-bond donors (Lipinski definition) is 1. The molecule has 142 valence electrons. The Balaban J connectivity index is 2.38. The Morgan fingerprint density at radius 2 is 1.81 bits per heavy atom. The number of nitro groups is 1. The summed E-state index contributed by atoms with van der Waals surface area (Å²) in [5, 5.41) is 13.5. The highest BCUT2D eigenvalue weighted by Gasteiger charge is 2.26. The molecule has 2 aromatic rings. The maximum atomic E-state index is 12.5. The molecule has 0 aliphatic rings. The first-order chi connectivity index (χ1) is 12.8. The highest BCUT2D eigenvalue weighted by Crippen LogP contribution is 2.35. The van der Waals surface area contributed by atoms with Crippen molar-refractivity contribution in [2.24, 2.45) is 0 Å². The van der Waals surface area contributed by atoms with E-state index in [2.05, 4.69) is 5.32 Å². The normalized spacial score (nSPS) is 10.3. The predicted octanol–water partition coefficient (Wildman–Crippen LogP) is 3.99. The fourth-order valence-electron chi connectivity index (χ4n) is 2.39. The van der Waals surface area contributed by atoms with Crippen molar-refractivity contribution < 1.29 is 24.0 Å². The quantitative estimate of drug-likeness (QED) is 0.331. The van der Waals surface area contributed by atoms with Crippen molar-refractivity contribution in [3.8, 4) is 0 Å². The number of esters is 1. The minimum absolute atomic E-state index is 0.137. The topological polar surface area (TPSA) is 116 Å². The molecule has 0 saturated carbocycles. The Labute approximate surface area is 159 Å². The van der Waals surface area contributed by atoms with Crippen LogP contribution >= 0.6 is 11.3 Å². The maximum absolute atomic E-state index is 12.5. The summed E-state index contributed by atoms with van der Waals surface area (Å²) in [5.41, 5.74) is 0.657. The minimum atomic E-state index is -0.625. The fourth-order valence-corrected chi connectivity index (χ4v) is 3.59. The van der Waals surface area contributed by atoms with Crippen molar-refractivity contribution in [3.05, 3.63) is 55.9 Å². The molecular weight excluding hydrogens is 372 g/mol. The van der Waals surface area contributed by atoms with E-state index >= 15 is 0 Å². The average molecular weight is 390 g/mol. The van der Waals surface area contributed by atoms with E-state index in [1.807, 2.05) is 0 Å². The molecule has 2 rings (SSSR count).